The number of fused-ring (bicyclic) bond motifs is 1. The Bertz CT molecular complexity index is 1110. The van der Waals surface area contributed by atoms with Crippen LogP contribution in [-0.2, 0) is 19.6 Å². The third kappa shape index (κ3) is 3.92. The van der Waals surface area contributed by atoms with Gasteiger partial charge in [0.15, 0.2) is 5.82 Å². The molecule has 4 rings (SSSR count). The van der Waals surface area contributed by atoms with Gasteiger partial charge in [-0.2, -0.15) is 5.11 Å². The average Bonchev–Trinajstić information content (AvgIpc) is 3.30. The fourth-order valence-corrected chi connectivity index (χ4v) is 4.53. The van der Waals surface area contributed by atoms with Crippen LogP contribution in [0.15, 0.2) is 58.3 Å². The summed E-state index contributed by atoms with van der Waals surface area (Å²) in [5, 5.41) is 20.5. The van der Waals surface area contributed by atoms with Crippen LogP contribution in [0, 0.1) is 5.82 Å². The third-order valence-electron chi connectivity index (χ3n) is 4.07. The number of hydrogen-bond acceptors (Lipinski definition) is 7. The van der Waals surface area contributed by atoms with Gasteiger partial charge in [0.1, 0.15) is 17.0 Å². The molecule has 0 amide bonds. The van der Waals surface area contributed by atoms with Gasteiger partial charge in [0.2, 0.25) is 0 Å². The highest BCUT2D eigenvalue weighted by atomic mass is 32.1. The Labute approximate surface area is 162 Å². The highest BCUT2D eigenvalue weighted by molar-refractivity contribution is 7.18. The van der Waals surface area contributed by atoms with E-state index >= 15 is 0 Å². The molecule has 0 aliphatic heterocycles. The maximum absolute atomic E-state index is 13.9. The minimum absolute atomic E-state index is 0.00393. The van der Waals surface area contributed by atoms with E-state index in [4.69, 9.17) is 0 Å². The van der Waals surface area contributed by atoms with Crippen molar-refractivity contribution in [1.29, 1.82) is 0 Å². The zero-order valence-electron chi connectivity index (χ0n) is 14.2. The van der Waals surface area contributed by atoms with Crippen molar-refractivity contribution in [3.63, 3.8) is 0 Å². The number of benzene rings is 1. The highest BCUT2D eigenvalue weighted by Crippen LogP contribution is 2.31. The Morgan fingerprint density at radius 3 is 2.85 bits per heavy atom. The van der Waals surface area contributed by atoms with Crippen molar-refractivity contribution in [2.24, 2.45) is 10.2 Å². The van der Waals surface area contributed by atoms with E-state index in [1.54, 1.807) is 12.1 Å². The molecule has 0 radical (unpaired) electrons. The van der Waals surface area contributed by atoms with E-state index in [9.17, 15) is 9.50 Å². The zero-order valence-corrected chi connectivity index (χ0v) is 15.8. The second-order valence-electron chi connectivity index (χ2n) is 5.82. The van der Waals surface area contributed by atoms with Gasteiger partial charge in [0.25, 0.3) is 0 Å². The maximum atomic E-state index is 13.9. The zero-order chi connectivity index (χ0) is 18.6. The van der Waals surface area contributed by atoms with Crippen LogP contribution in [0.1, 0.15) is 20.9 Å². The summed E-state index contributed by atoms with van der Waals surface area (Å²) in [6.45, 7) is 0.390. The molecule has 136 valence electrons. The monoisotopic (exact) mass is 398 g/mol. The number of aliphatic hydroxyl groups excluding tert-OH is 1. The summed E-state index contributed by atoms with van der Waals surface area (Å²) >= 11 is 3.04. The van der Waals surface area contributed by atoms with E-state index in [2.05, 4.69) is 20.2 Å². The molecule has 3 aromatic heterocycles. The molecule has 0 spiro atoms. The van der Waals surface area contributed by atoms with Gasteiger partial charge in [0, 0.05) is 16.2 Å². The summed E-state index contributed by atoms with van der Waals surface area (Å²) in [6.07, 6.45) is 1.96. The Balaban J connectivity index is 1.58. The average molecular weight is 398 g/mol. The molecule has 1 aromatic carbocycles. The van der Waals surface area contributed by atoms with Crippen LogP contribution in [-0.4, -0.2) is 15.1 Å². The predicted molar refractivity (Wildman–Crippen MR) is 105 cm³/mol. The van der Waals surface area contributed by atoms with Crippen molar-refractivity contribution >= 4 is 38.7 Å². The first-order valence-electron chi connectivity index (χ1n) is 8.25. The molecular weight excluding hydrogens is 383 g/mol. The topological polar surface area (TPSA) is 70.7 Å². The van der Waals surface area contributed by atoms with Gasteiger partial charge < -0.3 is 5.11 Å². The molecule has 27 heavy (non-hydrogen) atoms. The fourth-order valence-electron chi connectivity index (χ4n) is 2.70. The Kier molecular flexibility index (Phi) is 5.28. The molecule has 0 atom stereocenters. The first-order valence-corrected chi connectivity index (χ1v) is 9.94. The van der Waals surface area contributed by atoms with Crippen LogP contribution in [0.2, 0.25) is 0 Å². The van der Waals surface area contributed by atoms with Crippen molar-refractivity contribution in [2.45, 2.75) is 19.6 Å². The van der Waals surface area contributed by atoms with Crippen LogP contribution in [0.25, 0.3) is 10.2 Å². The molecule has 0 unspecified atom stereocenters. The molecule has 0 aliphatic rings. The lowest BCUT2D eigenvalue weighted by molar-refractivity contribution is 0.281. The smallest absolute Gasteiger partial charge is 0.185 e. The van der Waals surface area contributed by atoms with E-state index in [-0.39, 0.29) is 12.4 Å². The van der Waals surface area contributed by atoms with E-state index in [0.717, 1.165) is 25.5 Å². The predicted octanol–water partition coefficient (Wildman–Crippen LogP) is 5.26. The Morgan fingerprint density at radius 1 is 1.11 bits per heavy atom. The van der Waals surface area contributed by atoms with Crippen molar-refractivity contribution in [2.75, 3.05) is 0 Å². The Morgan fingerprint density at radius 2 is 2.00 bits per heavy atom. The second-order valence-corrected chi connectivity index (χ2v) is 7.94. The van der Waals surface area contributed by atoms with Gasteiger partial charge in [-0.25, -0.2) is 14.4 Å². The van der Waals surface area contributed by atoms with Crippen molar-refractivity contribution in [1.82, 2.24) is 9.97 Å². The molecule has 8 heteroatoms. The normalized spacial score (nSPS) is 11.6. The van der Waals surface area contributed by atoms with Crippen molar-refractivity contribution < 1.29 is 9.50 Å². The van der Waals surface area contributed by atoms with E-state index in [0.29, 0.717) is 24.3 Å². The quantitative estimate of drug-likeness (QED) is 0.450. The molecule has 3 heterocycles. The summed E-state index contributed by atoms with van der Waals surface area (Å²) < 4.78 is 13.9. The molecule has 0 fully saturated rings. The standard InChI is InChI=1S/C19H15FN4OS2/c20-16-4-2-1-3-12(16)7-14-8-15-18(21-11-22-19(15)27-14)24-23-9-17-13(10-25)5-6-26-17/h1-6,8,11,25H,7,9-10H2. The van der Waals surface area contributed by atoms with Crippen molar-refractivity contribution in [3.05, 3.63) is 74.8 Å². The van der Waals surface area contributed by atoms with Crippen LogP contribution in [0.3, 0.4) is 0 Å². The highest BCUT2D eigenvalue weighted by Gasteiger charge is 2.11. The van der Waals surface area contributed by atoms with Gasteiger partial charge in [-0.05, 0) is 34.7 Å². The summed E-state index contributed by atoms with van der Waals surface area (Å²) in [4.78, 5) is 11.3. The molecule has 4 aromatic rings. The number of rotatable bonds is 6. The summed E-state index contributed by atoms with van der Waals surface area (Å²) in [6, 6.07) is 10.6. The van der Waals surface area contributed by atoms with Gasteiger partial charge in [-0.15, -0.1) is 27.8 Å². The number of nitrogens with zero attached hydrogens (tertiary/aromatic N) is 4. The lowest BCUT2D eigenvalue weighted by Crippen LogP contribution is -1.88. The summed E-state index contributed by atoms with van der Waals surface area (Å²) in [7, 11) is 0. The molecule has 0 aliphatic carbocycles. The van der Waals surface area contributed by atoms with E-state index in [1.807, 2.05) is 23.6 Å². The lowest BCUT2D eigenvalue weighted by Gasteiger charge is -1.99. The van der Waals surface area contributed by atoms with E-state index in [1.165, 1.54) is 35.1 Å². The summed E-state index contributed by atoms with van der Waals surface area (Å²) in [5.41, 5.74) is 1.52. The molecule has 0 saturated carbocycles. The third-order valence-corrected chi connectivity index (χ3v) is 6.06. The number of thiophene rings is 2. The van der Waals surface area contributed by atoms with Crippen molar-refractivity contribution in [3.8, 4) is 0 Å². The fraction of sp³-hybridized carbons (Fsp3) is 0.158. The second kappa shape index (κ2) is 7.99. The minimum atomic E-state index is -0.211. The molecular formula is C19H15FN4OS2. The minimum Gasteiger partial charge on any atom is -0.392 e. The first-order chi connectivity index (χ1) is 13.2. The van der Waals surface area contributed by atoms with Crippen LogP contribution in [0.4, 0.5) is 10.2 Å². The number of aromatic nitrogens is 2. The number of aliphatic hydroxyl groups is 1. The first kappa shape index (κ1) is 17.8. The molecule has 1 N–H and O–H groups in total. The SMILES string of the molecule is OCc1ccsc1CN=Nc1ncnc2sc(Cc3ccccc3F)cc12. The van der Waals surface area contributed by atoms with Gasteiger partial charge in [-0.1, -0.05) is 18.2 Å². The van der Waals surface area contributed by atoms with Gasteiger partial charge in [0.05, 0.1) is 18.5 Å². The van der Waals surface area contributed by atoms with E-state index < -0.39 is 0 Å². The summed E-state index contributed by atoms with van der Waals surface area (Å²) in [5.74, 6) is 0.287. The molecule has 0 saturated heterocycles. The number of halogens is 1. The molecule has 0 bridgehead atoms. The van der Waals surface area contributed by atoms with Gasteiger partial charge in [-0.3, -0.25) is 0 Å². The van der Waals surface area contributed by atoms with Crippen LogP contribution in [0.5, 0.6) is 0 Å². The van der Waals surface area contributed by atoms with Crippen LogP contribution >= 0.6 is 22.7 Å². The largest absolute Gasteiger partial charge is 0.392 e. The van der Waals surface area contributed by atoms with Crippen LogP contribution < -0.4 is 0 Å². The number of azo groups is 1. The lowest BCUT2D eigenvalue weighted by atomic mass is 10.1. The van der Waals surface area contributed by atoms with Gasteiger partial charge >= 0.3 is 0 Å². The molecule has 5 nitrogen and oxygen atoms in total. The Hall–Kier alpha value is -2.55. The maximum Gasteiger partial charge on any atom is 0.185 e. The number of hydrogen-bond donors (Lipinski definition) is 1.